The minimum atomic E-state index is -0.468. The van der Waals surface area contributed by atoms with Crippen LogP contribution in [0.2, 0.25) is 0 Å². The molecular weight excluding hydrogens is 254 g/mol. The van der Waals surface area contributed by atoms with Gasteiger partial charge in [-0.05, 0) is 66.2 Å². The Morgan fingerprint density at radius 1 is 1.20 bits per heavy atom. The highest BCUT2D eigenvalue weighted by Gasteiger charge is 2.26. The van der Waals surface area contributed by atoms with Gasteiger partial charge in [0.2, 0.25) is 0 Å². The molecule has 0 atom stereocenters. The van der Waals surface area contributed by atoms with E-state index in [1.807, 2.05) is 34.6 Å². The fraction of sp³-hybridized carbons (Fsp3) is 0.875. The topological polar surface area (TPSA) is 55.4 Å². The number of carbonyl (C=O) groups excluding carboxylic acids is 2. The third-order valence-corrected chi connectivity index (χ3v) is 3.68. The molecule has 1 aliphatic carbocycles. The molecule has 1 N–H and O–H groups in total. The highest BCUT2D eigenvalue weighted by molar-refractivity contribution is 5.79. The molecular formula is C16H29NO3. The quantitative estimate of drug-likeness (QED) is 0.853. The molecule has 0 radical (unpaired) electrons. The van der Waals surface area contributed by atoms with E-state index in [-0.39, 0.29) is 11.6 Å². The van der Waals surface area contributed by atoms with Gasteiger partial charge in [0, 0.05) is 18.4 Å². The van der Waals surface area contributed by atoms with Crippen LogP contribution in [-0.2, 0) is 9.53 Å². The zero-order valence-electron chi connectivity index (χ0n) is 13.5. The minimum Gasteiger partial charge on any atom is -0.444 e. The van der Waals surface area contributed by atoms with Crippen molar-refractivity contribution in [2.75, 3.05) is 0 Å². The molecule has 0 aromatic heterocycles. The fourth-order valence-corrected chi connectivity index (χ4v) is 2.50. The van der Waals surface area contributed by atoms with Crippen molar-refractivity contribution in [3.63, 3.8) is 0 Å². The van der Waals surface area contributed by atoms with E-state index in [9.17, 15) is 9.59 Å². The van der Waals surface area contributed by atoms with Crippen molar-refractivity contribution in [1.82, 2.24) is 5.32 Å². The standard InChI is InChI=1S/C16H29NO3/c1-15(2,3)20-14(19)17-16(4,5)11-10-12-6-8-13(18)9-7-12/h12H,6-11H2,1-5H3,(H,17,19). The lowest BCUT2D eigenvalue weighted by atomic mass is 9.82. The largest absolute Gasteiger partial charge is 0.444 e. The second kappa shape index (κ2) is 6.59. The molecule has 0 aromatic carbocycles. The van der Waals surface area contributed by atoms with E-state index in [1.165, 1.54) is 0 Å². The zero-order valence-corrected chi connectivity index (χ0v) is 13.5. The third kappa shape index (κ3) is 6.92. The Morgan fingerprint density at radius 3 is 2.25 bits per heavy atom. The molecule has 1 amide bonds. The van der Waals surface area contributed by atoms with Gasteiger partial charge in [0.05, 0.1) is 0 Å². The molecule has 0 aliphatic heterocycles. The van der Waals surface area contributed by atoms with Crippen molar-refractivity contribution >= 4 is 11.9 Å². The first-order valence-corrected chi connectivity index (χ1v) is 7.60. The lowest BCUT2D eigenvalue weighted by Gasteiger charge is -2.30. The molecule has 20 heavy (non-hydrogen) atoms. The second-order valence-corrected chi connectivity index (χ2v) is 7.53. The SMILES string of the molecule is CC(C)(CCC1CCC(=O)CC1)NC(=O)OC(C)(C)C. The van der Waals surface area contributed by atoms with Crippen LogP contribution in [0.25, 0.3) is 0 Å². The van der Waals surface area contributed by atoms with Gasteiger partial charge in [-0.3, -0.25) is 4.79 Å². The van der Waals surface area contributed by atoms with Crippen LogP contribution in [0, 0.1) is 5.92 Å². The number of hydrogen-bond acceptors (Lipinski definition) is 3. The Hall–Kier alpha value is -1.06. The zero-order chi connectivity index (χ0) is 15.4. The average Bonchev–Trinajstić information content (AvgIpc) is 2.24. The van der Waals surface area contributed by atoms with E-state index in [0.29, 0.717) is 11.7 Å². The van der Waals surface area contributed by atoms with E-state index in [4.69, 9.17) is 4.74 Å². The summed E-state index contributed by atoms with van der Waals surface area (Å²) in [6.45, 7) is 9.62. The highest BCUT2D eigenvalue weighted by atomic mass is 16.6. The summed E-state index contributed by atoms with van der Waals surface area (Å²) in [7, 11) is 0. The van der Waals surface area contributed by atoms with Gasteiger partial charge in [-0.2, -0.15) is 0 Å². The predicted octanol–water partition coefficient (Wildman–Crippen LogP) is 3.83. The maximum absolute atomic E-state index is 11.8. The normalized spacial score (nSPS) is 17.9. The Morgan fingerprint density at radius 2 is 1.75 bits per heavy atom. The molecule has 0 unspecified atom stereocenters. The van der Waals surface area contributed by atoms with Gasteiger partial charge >= 0.3 is 6.09 Å². The molecule has 4 heteroatoms. The number of ketones is 1. The lowest BCUT2D eigenvalue weighted by molar-refractivity contribution is -0.121. The van der Waals surface area contributed by atoms with Crippen molar-refractivity contribution < 1.29 is 14.3 Å². The van der Waals surface area contributed by atoms with E-state index in [2.05, 4.69) is 5.32 Å². The van der Waals surface area contributed by atoms with Crippen molar-refractivity contribution in [1.29, 1.82) is 0 Å². The van der Waals surface area contributed by atoms with Crippen molar-refractivity contribution in [3.8, 4) is 0 Å². The Labute approximate surface area is 122 Å². The average molecular weight is 283 g/mol. The van der Waals surface area contributed by atoms with E-state index in [1.54, 1.807) is 0 Å². The summed E-state index contributed by atoms with van der Waals surface area (Å²) in [6, 6.07) is 0. The maximum Gasteiger partial charge on any atom is 0.408 e. The van der Waals surface area contributed by atoms with Crippen LogP contribution < -0.4 is 5.32 Å². The monoisotopic (exact) mass is 283 g/mol. The lowest BCUT2D eigenvalue weighted by Crippen LogP contribution is -2.46. The van der Waals surface area contributed by atoms with E-state index in [0.717, 1.165) is 38.5 Å². The van der Waals surface area contributed by atoms with E-state index < -0.39 is 5.60 Å². The van der Waals surface area contributed by atoms with Crippen LogP contribution in [0.3, 0.4) is 0 Å². The van der Waals surface area contributed by atoms with Crippen molar-refractivity contribution in [2.24, 2.45) is 5.92 Å². The first-order chi connectivity index (χ1) is 9.07. The summed E-state index contributed by atoms with van der Waals surface area (Å²) < 4.78 is 5.28. The van der Waals surface area contributed by atoms with Crippen molar-refractivity contribution in [2.45, 2.75) is 84.3 Å². The molecule has 4 nitrogen and oxygen atoms in total. The first kappa shape index (κ1) is 17.0. The van der Waals surface area contributed by atoms with Gasteiger partial charge in [0.15, 0.2) is 0 Å². The number of amides is 1. The van der Waals surface area contributed by atoms with Gasteiger partial charge in [-0.25, -0.2) is 4.79 Å². The molecule has 1 saturated carbocycles. The molecule has 0 spiro atoms. The van der Waals surface area contributed by atoms with Crippen LogP contribution in [0.15, 0.2) is 0 Å². The molecule has 1 fully saturated rings. The summed E-state index contributed by atoms with van der Waals surface area (Å²) in [5.74, 6) is 1.01. The van der Waals surface area contributed by atoms with Crippen molar-refractivity contribution in [3.05, 3.63) is 0 Å². The number of rotatable bonds is 4. The van der Waals surface area contributed by atoms with Crippen LogP contribution in [0.1, 0.15) is 73.1 Å². The Kier molecular flexibility index (Phi) is 5.60. The van der Waals surface area contributed by atoms with Crippen LogP contribution in [0.5, 0.6) is 0 Å². The number of nitrogens with one attached hydrogen (secondary N) is 1. The fourth-order valence-electron chi connectivity index (χ4n) is 2.50. The Balaban J connectivity index is 2.33. The van der Waals surface area contributed by atoms with Crippen LogP contribution in [0.4, 0.5) is 4.79 Å². The molecule has 0 aromatic rings. The number of alkyl carbamates (subject to hydrolysis) is 1. The number of hydrogen-bond donors (Lipinski definition) is 1. The third-order valence-electron chi connectivity index (χ3n) is 3.68. The smallest absolute Gasteiger partial charge is 0.408 e. The van der Waals surface area contributed by atoms with Gasteiger partial charge < -0.3 is 10.1 Å². The van der Waals surface area contributed by atoms with Gasteiger partial charge in [0.25, 0.3) is 0 Å². The predicted molar refractivity (Wildman–Crippen MR) is 79.6 cm³/mol. The maximum atomic E-state index is 11.8. The van der Waals surface area contributed by atoms with Gasteiger partial charge in [0.1, 0.15) is 11.4 Å². The second-order valence-electron chi connectivity index (χ2n) is 7.53. The summed E-state index contributed by atoms with van der Waals surface area (Å²) in [4.78, 5) is 23.0. The summed E-state index contributed by atoms with van der Waals surface area (Å²) >= 11 is 0. The number of Topliss-reactive ketones (excluding diaryl/α,β-unsaturated/α-hetero) is 1. The number of carbonyl (C=O) groups is 2. The molecule has 1 aliphatic rings. The van der Waals surface area contributed by atoms with E-state index >= 15 is 0 Å². The summed E-state index contributed by atoms with van der Waals surface area (Å²) in [6.07, 6.45) is 5.06. The first-order valence-electron chi connectivity index (χ1n) is 7.60. The highest BCUT2D eigenvalue weighted by Crippen LogP contribution is 2.28. The van der Waals surface area contributed by atoms with Crippen LogP contribution in [-0.4, -0.2) is 23.0 Å². The molecule has 0 saturated heterocycles. The molecule has 0 bridgehead atoms. The molecule has 0 heterocycles. The summed E-state index contributed by atoms with van der Waals surface area (Å²) in [5, 5.41) is 2.93. The van der Waals surface area contributed by atoms with Gasteiger partial charge in [-0.1, -0.05) is 0 Å². The molecule has 116 valence electrons. The van der Waals surface area contributed by atoms with Crippen LogP contribution >= 0.6 is 0 Å². The Bertz CT molecular complexity index is 345. The molecule has 1 rings (SSSR count). The number of ether oxygens (including phenoxy) is 1. The summed E-state index contributed by atoms with van der Waals surface area (Å²) in [5.41, 5.74) is -0.742. The minimum absolute atomic E-state index is 0.274. The van der Waals surface area contributed by atoms with Gasteiger partial charge in [-0.15, -0.1) is 0 Å².